The summed E-state index contributed by atoms with van der Waals surface area (Å²) in [6.45, 7) is 6.45. The molecule has 0 bridgehead atoms. The molecule has 0 aromatic carbocycles. The normalized spacial score (nSPS) is 22.1. The van der Waals surface area contributed by atoms with Gasteiger partial charge >= 0.3 is 0 Å². The largest absolute Gasteiger partial charge is 0.381 e. The molecule has 0 aliphatic carbocycles. The minimum Gasteiger partial charge on any atom is -0.381 e. The molecular weight excluding hydrogens is 282 g/mol. The molecule has 1 aromatic heterocycles. The minimum absolute atomic E-state index is 0.244. The van der Waals surface area contributed by atoms with Crippen LogP contribution >= 0.6 is 0 Å². The van der Waals surface area contributed by atoms with Crippen molar-refractivity contribution in [2.24, 2.45) is 5.92 Å². The molecular formula is C15H23N5O2. The number of ether oxygens (including phenoxy) is 1. The van der Waals surface area contributed by atoms with Crippen molar-refractivity contribution in [3.05, 3.63) is 11.8 Å². The fourth-order valence-corrected chi connectivity index (χ4v) is 3.04. The second kappa shape index (κ2) is 6.48. The van der Waals surface area contributed by atoms with Gasteiger partial charge in [0.1, 0.15) is 5.82 Å². The van der Waals surface area contributed by atoms with Gasteiger partial charge in [0.25, 0.3) is 0 Å². The maximum absolute atomic E-state index is 12.3. The van der Waals surface area contributed by atoms with Gasteiger partial charge in [-0.05, 0) is 19.3 Å². The zero-order chi connectivity index (χ0) is 15.5. The summed E-state index contributed by atoms with van der Waals surface area (Å²) in [7, 11) is 0. The van der Waals surface area contributed by atoms with E-state index in [2.05, 4.69) is 14.9 Å². The molecule has 2 fully saturated rings. The molecule has 0 radical (unpaired) electrons. The van der Waals surface area contributed by atoms with E-state index in [9.17, 15) is 4.79 Å². The number of nitrogen functional groups attached to an aromatic ring is 1. The molecule has 1 aromatic rings. The van der Waals surface area contributed by atoms with Crippen LogP contribution in [0.5, 0.6) is 0 Å². The van der Waals surface area contributed by atoms with Gasteiger partial charge in [-0.1, -0.05) is 0 Å². The maximum Gasteiger partial charge on any atom is 0.223 e. The third-order valence-corrected chi connectivity index (χ3v) is 4.30. The average Bonchev–Trinajstić information content (AvgIpc) is 2.99. The summed E-state index contributed by atoms with van der Waals surface area (Å²) < 4.78 is 5.34. The predicted octanol–water partition coefficient (Wildman–Crippen LogP) is 0.442. The lowest BCUT2D eigenvalue weighted by Crippen LogP contribution is -2.49. The van der Waals surface area contributed by atoms with Crippen LogP contribution in [0.3, 0.4) is 0 Å². The topological polar surface area (TPSA) is 84.6 Å². The average molecular weight is 305 g/mol. The lowest BCUT2D eigenvalue weighted by Gasteiger charge is -2.35. The smallest absolute Gasteiger partial charge is 0.223 e. The Morgan fingerprint density at radius 3 is 2.77 bits per heavy atom. The summed E-state index contributed by atoms with van der Waals surface area (Å²) >= 11 is 0. The number of aryl methyl sites for hydroxylation is 1. The van der Waals surface area contributed by atoms with Gasteiger partial charge in [-0.2, -0.15) is 4.98 Å². The van der Waals surface area contributed by atoms with Crippen molar-refractivity contribution in [2.45, 2.75) is 19.8 Å². The number of carbonyl (C=O) groups excluding carboxylic acids is 1. The monoisotopic (exact) mass is 305 g/mol. The Bertz CT molecular complexity index is 516. The summed E-state index contributed by atoms with van der Waals surface area (Å²) in [4.78, 5) is 24.8. The minimum atomic E-state index is 0.244. The summed E-state index contributed by atoms with van der Waals surface area (Å²) in [5, 5.41) is 0. The Morgan fingerprint density at radius 1 is 1.36 bits per heavy atom. The van der Waals surface area contributed by atoms with Crippen molar-refractivity contribution in [3.8, 4) is 0 Å². The fourth-order valence-electron chi connectivity index (χ4n) is 3.04. The summed E-state index contributed by atoms with van der Waals surface area (Å²) in [5.41, 5.74) is 6.57. The molecule has 1 amide bonds. The molecule has 3 heterocycles. The number of amides is 1. The van der Waals surface area contributed by atoms with Crippen LogP contribution < -0.4 is 10.6 Å². The lowest BCUT2D eigenvalue weighted by molar-refractivity contribution is -0.132. The highest BCUT2D eigenvalue weighted by atomic mass is 16.5. The van der Waals surface area contributed by atoms with Crippen LogP contribution in [0, 0.1) is 12.8 Å². The predicted molar refractivity (Wildman–Crippen MR) is 83.5 cm³/mol. The third-order valence-electron chi connectivity index (χ3n) is 4.30. The highest BCUT2D eigenvalue weighted by Crippen LogP contribution is 2.20. The highest BCUT2D eigenvalue weighted by Gasteiger charge is 2.26. The molecule has 0 saturated carbocycles. The van der Waals surface area contributed by atoms with E-state index in [1.54, 1.807) is 0 Å². The van der Waals surface area contributed by atoms with E-state index in [4.69, 9.17) is 10.5 Å². The second-order valence-corrected chi connectivity index (χ2v) is 6.03. The van der Waals surface area contributed by atoms with Gasteiger partial charge in [-0.3, -0.25) is 4.79 Å². The first kappa shape index (κ1) is 15.0. The van der Waals surface area contributed by atoms with Gasteiger partial charge in [0.15, 0.2) is 0 Å². The maximum atomic E-state index is 12.3. The highest BCUT2D eigenvalue weighted by molar-refractivity contribution is 5.76. The second-order valence-electron chi connectivity index (χ2n) is 6.03. The number of piperazine rings is 1. The summed E-state index contributed by atoms with van der Waals surface area (Å²) in [5.74, 6) is 1.79. The van der Waals surface area contributed by atoms with Gasteiger partial charge in [0.05, 0.1) is 0 Å². The lowest BCUT2D eigenvalue weighted by atomic mass is 10.0. The molecule has 2 N–H and O–H groups in total. The Hall–Kier alpha value is -1.89. The van der Waals surface area contributed by atoms with Crippen LogP contribution in [-0.2, 0) is 9.53 Å². The first-order chi connectivity index (χ1) is 10.6. The molecule has 2 aliphatic heterocycles. The van der Waals surface area contributed by atoms with E-state index < -0.39 is 0 Å². The van der Waals surface area contributed by atoms with Gasteiger partial charge in [0.2, 0.25) is 11.9 Å². The van der Waals surface area contributed by atoms with E-state index in [-0.39, 0.29) is 5.91 Å². The first-order valence-corrected chi connectivity index (χ1v) is 7.83. The van der Waals surface area contributed by atoms with Crippen LogP contribution in [0.4, 0.5) is 11.8 Å². The van der Waals surface area contributed by atoms with E-state index >= 15 is 0 Å². The number of carbonyl (C=O) groups is 1. The molecule has 120 valence electrons. The number of rotatable bonds is 3. The van der Waals surface area contributed by atoms with Crippen molar-refractivity contribution in [3.63, 3.8) is 0 Å². The van der Waals surface area contributed by atoms with Gasteiger partial charge < -0.3 is 20.3 Å². The van der Waals surface area contributed by atoms with Crippen molar-refractivity contribution in [1.82, 2.24) is 14.9 Å². The molecule has 22 heavy (non-hydrogen) atoms. The molecule has 3 rings (SSSR count). The third kappa shape index (κ3) is 3.47. The van der Waals surface area contributed by atoms with E-state index in [0.717, 1.165) is 57.3 Å². The van der Waals surface area contributed by atoms with Crippen LogP contribution in [0.15, 0.2) is 6.07 Å². The van der Waals surface area contributed by atoms with E-state index in [1.165, 1.54) is 0 Å². The van der Waals surface area contributed by atoms with Crippen molar-refractivity contribution < 1.29 is 9.53 Å². The molecule has 1 atom stereocenters. The molecule has 2 aliphatic rings. The molecule has 7 nitrogen and oxygen atoms in total. The van der Waals surface area contributed by atoms with E-state index in [0.29, 0.717) is 18.3 Å². The Morgan fingerprint density at radius 2 is 2.14 bits per heavy atom. The number of hydrogen-bond acceptors (Lipinski definition) is 6. The number of aromatic nitrogens is 2. The van der Waals surface area contributed by atoms with E-state index in [1.807, 2.05) is 17.9 Å². The fraction of sp³-hybridized carbons (Fsp3) is 0.667. The van der Waals surface area contributed by atoms with Crippen LogP contribution in [0.2, 0.25) is 0 Å². The van der Waals surface area contributed by atoms with Gasteiger partial charge in [-0.15, -0.1) is 0 Å². The standard InChI is InChI=1S/C15H23N5O2/c1-11-8-13(18-15(16)17-11)19-3-5-20(6-4-19)14(21)9-12-2-7-22-10-12/h8,12H,2-7,9-10H2,1H3,(H2,16,17,18)/t12-/m1/s1. The van der Waals surface area contributed by atoms with Crippen LogP contribution in [0.25, 0.3) is 0 Å². The summed E-state index contributed by atoms with van der Waals surface area (Å²) in [6, 6.07) is 1.93. The van der Waals surface area contributed by atoms with Crippen LogP contribution in [0.1, 0.15) is 18.5 Å². The number of nitrogens with two attached hydrogens (primary N) is 1. The van der Waals surface area contributed by atoms with Gasteiger partial charge in [0, 0.05) is 57.6 Å². The first-order valence-electron chi connectivity index (χ1n) is 7.83. The van der Waals surface area contributed by atoms with Crippen molar-refractivity contribution in [1.29, 1.82) is 0 Å². The number of hydrogen-bond donors (Lipinski definition) is 1. The Balaban J connectivity index is 1.54. The zero-order valence-corrected chi connectivity index (χ0v) is 13.0. The molecule has 0 spiro atoms. The Labute approximate surface area is 130 Å². The SMILES string of the molecule is Cc1cc(N2CCN(C(=O)C[C@H]3CCOC3)CC2)nc(N)n1. The summed E-state index contributed by atoms with van der Waals surface area (Å²) in [6.07, 6.45) is 1.62. The molecule has 0 unspecified atom stereocenters. The molecule has 7 heteroatoms. The number of anilines is 2. The van der Waals surface area contributed by atoms with Gasteiger partial charge in [-0.25, -0.2) is 4.98 Å². The zero-order valence-electron chi connectivity index (χ0n) is 13.0. The quantitative estimate of drug-likeness (QED) is 0.872. The molecule has 2 saturated heterocycles. The number of nitrogens with zero attached hydrogens (tertiary/aromatic N) is 4. The Kier molecular flexibility index (Phi) is 4.42. The van der Waals surface area contributed by atoms with Crippen molar-refractivity contribution in [2.75, 3.05) is 50.0 Å². The van der Waals surface area contributed by atoms with Crippen LogP contribution in [-0.4, -0.2) is 60.2 Å². The van der Waals surface area contributed by atoms with Crippen molar-refractivity contribution >= 4 is 17.7 Å².